The van der Waals surface area contributed by atoms with Gasteiger partial charge in [0.05, 0.1) is 24.8 Å². The highest BCUT2D eigenvalue weighted by Gasteiger charge is 2.18. The van der Waals surface area contributed by atoms with Crippen LogP contribution in [-0.4, -0.2) is 48.0 Å². The SMILES string of the molecule is O=C(/C=C/c1ccc(Cl)nc1)NCc1cc2cc(-c3ccc(C(=O)N4CCOCC4)cc3)cc(Cl)c2o1. The van der Waals surface area contributed by atoms with Crippen molar-refractivity contribution < 1.29 is 18.7 Å². The van der Waals surface area contributed by atoms with Gasteiger partial charge >= 0.3 is 0 Å². The second-order valence-corrected chi connectivity index (χ2v) is 9.33. The van der Waals surface area contributed by atoms with Crippen molar-refractivity contribution in [2.75, 3.05) is 26.3 Å². The van der Waals surface area contributed by atoms with Crippen LogP contribution in [0.2, 0.25) is 10.2 Å². The molecule has 5 rings (SSSR count). The molecule has 9 heteroatoms. The highest BCUT2D eigenvalue weighted by molar-refractivity contribution is 6.35. The van der Waals surface area contributed by atoms with Gasteiger partial charge in [-0.3, -0.25) is 9.59 Å². The zero-order chi connectivity index (χ0) is 25.8. The molecule has 0 unspecified atom stereocenters. The number of furan rings is 1. The lowest BCUT2D eigenvalue weighted by molar-refractivity contribution is -0.116. The number of rotatable bonds is 6. The van der Waals surface area contributed by atoms with Gasteiger partial charge in [-0.1, -0.05) is 41.4 Å². The highest BCUT2D eigenvalue weighted by atomic mass is 35.5. The third kappa shape index (κ3) is 6.02. The molecule has 1 aliphatic heterocycles. The molecule has 1 fully saturated rings. The number of morpholine rings is 1. The zero-order valence-corrected chi connectivity index (χ0v) is 21.3. The molecule has 0 atom stereocenters. The minimum Gasteiger partial charge on any atom is -0.458 e. The smallest absolute Gasteiger partial charge is 0.254 e. The molecule has 0 aliphatic carbocycles. The van der Waals surface area contributed by atoms with E-state index < -0.39 is 0 Å². The highest BCUT2D eigenvalue weighted by Crippen LogP contribution is 2.33. The maximum absolute atomic E-state index is 12.7. The quantitative estimate of drug-likeness (QED) is 0.256. The molecule has 2 aromatic heterocycles. The van der Waals surface area contributed by atoms with E-state index in [-0.39, 0.29) is 18.4 Å². The second kappa shape index (κ2) is 11.2. The van der Waals surface area contributed by atoms with Crippen LogP contribution in [0.15, 0.2) is 71.3 Å². The van der Waals surface area contributed by atoms with Crippen molar-refractivity contribution in [3.8, 4) is 11.1 Å². The van der Waals surface area contributed by atoms with Crippen molar-refractivity contribution in [1.29, 1.82) is 0 Å². The molecule has 188 valence electrons. The first-order chi connectivity index (χ1) is 18.0. The lowest BCUT2D eigenvalue weighted by atomic mass is 10.0. The maximum Gasteiger partial charge on any atom is 0.254 e. The third-order valence-electron chi connectivity index (χ3n) is 6.00. The van der Waals surface area contributed by atoms with Crippen molar-refractivity contribution in [1.82, 2.24) is 15.2 Å². The Hall–Kier alpha value is -3.65. The number of carbonyl (C=O) groups excluding carboxylic acids is 2. The van der Waals surface area contributed by atoms with Crippen LogP contribution in [0.3, 0.4) is 0 Å². The summed E-state index contributed by atoms with van der Waals surface area (Å²) in [5, 5.41) is 4.48. The fourth-order valence-electron chi connectivity index (χ4n) is 4.06. The topological polar surface area (TPSA) is 84.7 Å². The van der Waals surface area contributed by atoms with Gasteiger partial charge in [-0.05, 0) is 59.2 Å². The Bertz CT molecular complexity index is 1460. The number of nitrogens with one attached hydrogen (secondary N) is 1. The van der Waals surface area contributed by atoms with E-state index in [0.29, 0.717) is 53.4 Å². The molecule has 1 saturated heterocycles. The van der Waals surface area contributed by atoms with Crippen LogP contribution in [0.5, 0.6) is 0 Å². The number of nitrogens with zero attached hydrogens (tertiary/aromatic N) is 2. The predicted octanol–water partition coefficient (Wildman–Crippen LogP) is 5.60. The molecule has 37 heavy (non-hydrogen) atoms. The van der Waals surface area contributed by atoms with Gasteiger partial charge in [-0.25, -0.2) is 4.98 Å². The normalized spacial score (nSPS) is 13.8. The standard InChI is InChI=1S/C28H23Cl2N3O4/c29-24-15-21(19-3-5-20(6-4-19)28(35)33-9-11-36-12-10-33)13-22-14-23(37-27(22)24)17-32-26(34)8-2-18-1-7-25(30)31-16-18/h1-8,13-16H,9-12,17H2,(H,32,34)/b8-2+. The molecule has 3 heterocycles. The Morgan fingerprint density at radius 1 is 1.00 bits per heavy atom. The Morgan fingerprint density at radius 3 is 2.51 bits per heavy atom. The number of carbonyl (C=O) groups is 2. The molecule has 1 N–H and O–H groups in total. The Balaban J connectivity index is 1.26. The van der Waals surface area contributed by atoms with Crippen molar-refractivity contribution >= 4 is 52.1 Å². The van der Waals surface area contributed by atoms with Gasteiger partial charge in [-0.2, -0.15) is 0 Å². The molecule has 0 spiro atoms. The van der Waals surface area contributed by atoms with E-state index >= 15 is 0 Å². The molecule has 7 nitrogen and oxygen atoms in total. The Morgan fingerprint density at radius 2 is 1.78 bits per heavy atom. The molecule has 4 aromatic rings. The number of benzene rings is 2. The molecule has 2 amide bonds. The first-order valence-electron chi connectivity index (χ1n) is 11.7. The number of hydrogen-bond donors (Lipinski definition) is 1. The lowest BCUT2D eigenvalue weighted by Crippen LogP contribution is -2.40. The minimum atomic E-state index is -0.270. The van der Waals surface area contributed by atoms with Gasteiger partial charge in [0.25, 0.3) is 5.91 Å². The van der Waals surface area contributed by atoms with Crippen molar-refractivity contribution in [3.05, 3.63) is 93.9 Å². The molecule has 0 saturated carbocycles. The number of halogens is 2. The molecule has 2 aromatic carbocycles. The van der Waals surface area contributed by atoms with Crippen LogP contribution in [0.25, 0.3) is 28.2 Å². The van der Waals surface area contributed by atoms with E-state index in [4.69, 9.17) is 32.4 Å². The van der Waals surface area contributed by atoms with E-state index in [1.165, 1.54) is 6.08 Å². The lowest BCUT2D eigenvalue weighted by Gasteiger charge is -2.26. The average molecular weight is 536 g/mol. The number of ether oxygens (including phenoxy) is 1. The summed E-state index contributed by atoms with van der Waals surface area (Å²) in [4.78, 5) is 30.7. The summed E-state index contributed by atoms with van der Waals surface area (Å²) in [5.74, 6) is 0.314. The van der Waals surface area contributed by atoms with Crippen LogP contribution < -0.4 is 5.32 Å². The first kappa shape index (κ1) is 25.0. The van der Waals surface area contributed by atoms with E-state index in [9.17, 15) is 9.59 Å². The van der Waals surface area contributed by atoms with E-state index in [1.807, 2.05) is 42.5 Å². The van der Waals surface area contributed by atoms with Crippen LogP contribution in [0.4, 0.5) is 0 Å². The van der Waals surface area contributed by atoms with E-state index in [0.717, 1.165) is 22.1 Å². The fraction of sp³-hybridized carbons (Fsp3) is 0.179. The van der Waals surface area contributed by atoms with Crippen molar-refractivity contribution in [2.24, 2.45) is 0 Å². The monoisotopic (exact) mass is 535 g/mol. The Kier molecular flexibility index (Phi) is 7.55. The number of amides is 2. The molecular weight excluding hydrogens is 513 g/mol. The van der Waals surface area contributed by atoms with E-state index in [1.54, 1.807) is 29.3 Å². The number of hydrogen-bond acceptors (Lipinski definition) is 5. The predicted molar refractivity (Wildman–Crippen MR) is 144 cm³/mol. The van der Waals surface area contributed by atoms with Crippen LogP contribution in [0, 0.1) is 0 Å². The van der Waals surface area contributed by atoms with Gasteiger partial charge in [0.2, 0.25) is 5.91 Å². The summed E-state index contributed by atoms with van der Waals surface area (Å²) in [6.07, 6.45) is 4.66. The Labute approximate surface area is 223 Å². The average Bonchev–Trinajstić information content (AvgIpc) is 3.35. The van der Waals surface area contributed by atoms with Crippen LogP contribution in [0.1, 0.15) is 21.7 Å². The zero-order valence-electron chi connectivity index (χ0n) is 19.7. The van der Waals surface area contributed by atoms with Gasteiger partial charge in [0.1, 0.15) is 10.9 Å². The van der Waals surface area contributed by atoms with Crippen molar-refractivity contribution in [3.63, 3.8) is 0 Å². The van der Waals surface area contributed by atoms with Gasteiger partial charge < -0.3 is 19.4 Å². The van der Waals surface area contributed by atoms with E-state index in [2.05, 4.69) is 10.3 Å². The van der Waals surface area contributed by atoms with Gasteiger partial charge in [-0.15, -0.1) is 0 Å². The minimum absolute atomic E-state index is 0.00420. The maximum atomic E-state index is 12.7. The summed E-state index contributed by atoms with van der Waals surface area (Å²) >= 11 is 12.3. The first-order valence-corrected chi connectivity index (χ1v) is 12.5. The van der Waals surface area contributed by atoms with Crippen LogP contribution >= 0.6 is 23.2 Å². The molecular formula is C28H23Cl2N3O4. The summed E-state index contributed by atoms with van der Waals surface area (Å²) < 4.78 is 11.2. The second-order valence-electron chi connectivity index (χ2n) is 8.54. The number of pyridine rings is 1. The molecule has 0 radical (unpaired) electrons. The summed E-state index contributed by atoms with van der Waals surface area (Å²) in [6, 6.07) is 16.6. The fourth-order valence-corrected chi connectivity index (χ4v) is 4.44. The third-order valence-corrected chi connectivity index (χ3v) is 6.50. The van der Waals surface area contributed by atoms with Gasteiger partial charge in [0, 0.05) is 36.3 Å². The van der Waals surface area contributed by atoms with Gasteiger partial charge in [0.15, 0.2) is 5.58 Å². The van der Waals surface area contributed by atoms with Crippen LogP contribution in [-0.2, 0) is 16.1 Å². The van der Waals surface area contributed by atoms with Crippen molar-refractivity contribution in [2.45, 2.75) is 6.54 Å². The number of fused-ring (bicyclic) bond motifs is 1. The molecule has 1 aliphatic rings. The number of aromatic nitrogens is 1. The molecule has 0 bridgehead atoms. The summed E-state index contributed by atoms with van der Waals surface area (Å²) in [6.45, 7) is 2.55. The summed E-state index contributed by atoms with van der Waals surface area (Å²) in [7, 11) is 0. The summed E-state index contributed by atoms with van der Waals surface area (Å²) in [5.41, 5.74) is 3.79. The largest absolute Gasteiger partial charge is 0.458 e.